The van der Waals surface area contributed by atoms with Crippen LogP contribution in [0.2, 0.25) is 0 Å². The molecule has 0 spiro atoms. The van der Waals surface area contributed by atoms with Crippen molar-refractivity contribution in [2.45, 2.75) is 71.7 Å². The van der Waals surface area contributed by atoms with E-state index in [-0.39, 0.29) is 43.0 Å². The van der Waals surface area contributed by atoms with Gasteiger partial charge in [0.1, 0.15) is 10.6 Å². The summed E-state index contributed by atoms with van der Waals surface area (Å²) in [5.74, 6) is -5.69. The molecule has 2 aromatic rings. The van der Waals surface area contributed by atoms with Crippen LogP contribution in [0.15, 0.2) is 47.4 Å². The van der Waals surface area contributed by atoms with Gasteiger partial charge >= 0.3 is 18.0 Å². The number of fused-ring (bicyclic) bond motifs is 3. The minimum Gasteiger partial charge on any atom is -0.337 e. The molecule has 0 bridgehead atoms. The Morgan fingerprint density at radius 1 is 0.902 bits per heavy atom. The first-order valence-corrected chi connectivity index (χ1v) is 13.9. The van der Waals surface area contributed by atoms with Crippen LogP contribution in [-0.4, -0.2) is 50.1 Å². The summed E-state index contributed by atoms with van der Waals surface area (Å²) in [6, 6.07) is 3.55. The number of hydrogen-bond donors (Lipinski definition) is 0. The van der Waals surface area contributed by atoms with Crippen LogP contribution in [0.4, 0.5) is 43.9 Å². The predicted molar refractivity (Wildman–Crippen MR) is 123 cm³/mol. The quantitative estimate of drug-likeness (QED) is 0.296. The lowest BCUT2D eigenvalue weighted by molar-refractivity contribution is -0.348. The first-order valence-electron chi connectivity index (χ1n) is 12.4. The summed E-state index contributed by atoms with van der Waals surface area (Å²) in [6.07, 6.45) is -15.3. The third-order valence-corrected chi connectivity index (χ3v) is 10.9. The Kier molecular flexibility index (Phi) is 6.56. The highest BCUT2D eigenvalue weighted by molar-refractivity contribution is 7.92. The molecule has 1 amide bonds. The zero-order chi connectivity index (χ0) is 30.4. The average molecular weight is 618 g/mol. The number of benzene rings is 2. The third-order valence-electron chi connectivity index (χ3n) is 8.39. The lowest BCUT2D eigenvalue weighted by atomic mass is 9.76. The van der Waals surface area contributed by atoms with Crippen LogP contribution in [-0.2, 0) is 31.5 Å². The number of rotatable bonds is 4. The van der Waals surface area contributed by atoms with Gasteiger partial charge < -0.3 is 4.90 Å². The second kappa shape index (κ2) is 9.08. The second-order valence-corrected chi connectivity index (χ2v) is 12.9. The first kappa shape index (κ1) is 29.6. The van der Waals surface area contributed by atoms with E-state index < -0.39 is 85.5 Å². The molecule has 0 N–H and O–H groups in total. The predicted octanol–water partition coefficient (Wildman–Crippen LogP) is 6.38. The smallest absolute Gasteiger partial charge is 0.337 e. The Labute approximate surface area is 227 Å². The number of likely N-dealkylation sites (tertiary alicyclic amines) is 1. The molecule has 0 unspecified atom stereocenters. The molecule has 1 saturated heterocycles. The topological polar surface area (TPSA) is 54.5 Å². The van der Waals surface area contributed by atoms with E-state index in [4.69, 9.17) is 0 Å². The lowest BCUT2D eigenvalue weighted by Crippen LogP contribution is -2.55. The number of alkyl halides is 9. The number of hydrogen-bond acceptors (Lipinski definition) is 3. The van der Waals surface area contributed by atoms with Gasteiger partial charge in [0.05, 0.1) is 10.9 Å². The summed E-state index contributed by atoms with van der Waals surface area (Å²) in [5, 5.41) is 0. The van der Waals surface area contributed by atoms with Crippen molar-refractivity contribution in [3.05, 3.63) is 65.0 Å². The minimum atomic E-state index is -6.39. The molecule has 5 rings (SSSR count). The molecule has 1 heterocycles. The van der Waals surface area contributed by atoms with E-state index in [1.165, 1.54) is 0 Å². The lowest BCUT2D eigenvalue weighted by Gasteiger charge is -2.44. The van der Waals surface area contributed by atoms with Crippen molar-refractivity contribution in [1.29, 1.82) is 0 Å². The van der Waals surface area contributed by atoms with Gasteiger partial charge in [-0.2, -0.15) is 26.3 Å². The Morgan fingerprint density at radius 3 is 2.02 bits per heavy atom. The van der Waals surface area contributed by atoms with E-state index in [9.17, 15) is 57.1 Å². The summed E-state index contributed by atoms with van der Waals surface area (Å²) in [7, 11) is -4.65. The third kappa shape index (κ3) is 4.23. The molecular weight excluding hydrogens is 596 g/mol. The molecular formula is C26H21F10NO3S. The zero-order valence-corrected chi connectivity index (χ0v) is 21.6. The van der Waals surface area contributed by atoms with Gasteiger partial charge in [0.25, 0.3) is 0 Å². The van der Waals surface area contributed by atoms with Gasteiger partial charge in [-0.1, -0.05) is 18.2 Å². The number of sulfone groups is 1. The fourth-order valence-electron chi connectivity index (χ4n) is 6.39. The van der Waals surface area contributed by atoms with Crippen molar-refractivity contribution < 1.29 is 57.1 Å². The van der Waals surface area contributed by atoms with Crippen molar-refractivity contribution in [2.24, 2.45) is 5.92 Å². The van der Waals surface area contributed by atoms with E-state index in [1.807, 2.05) is 0 Å². The van der Waals surface area contributed by atoms with Crippen LogP contribution in [0.5, 0.6) is 0 Å². The van der Waals surface area contributed by atoms with Gasteiger partial charge in [-0.05, 0) is 54.7 Å². The molecule has 1 aliphatic heterocycles. The minimum absolute atomic E-state index is 0.223. The fraction of sp³-hybridized carbons (Fsp3) is 0.500. The molecule has 1 saturated carbocycles. The van der Waals surface area contributed by atoms with Gasteiger partial charge in [0.15, 0.2) is 9.84 Å². The monoisotopic (exact) mass is 617 g/mol. The van der Waals surface area contributed by atoms with Crippen molar-refractivity contribution >= 4 is 15.7 Å². The zero-order valence-electron chi connectivity index (χ0n) is 20.8. The molecule has 2 aliphatic carbocycles. The number of carbonyl (C=O) groups excluding carboxylic acids is 1. The van der Waals surface area contributed by atoms with Crippen molar-refractivity contribution in [2.75, 3.05) is 6.54 Å². The summed E-state index contributed by atoms with van der Waals surface area (Å²) in [6.45, 7) is -0.259. The maximum Gasteiger partial charge on any atom is 0.435 e. The van der Waals surface area contributed by atoms with Crippen molar-refractivity contribution in [1.82, 2.24) is 4.90 Å². The van der Waals surface area contributed by atoms with Gasteiger partial charge in [-0.3, -0.25) is 4.79 Å². The van der Waals surface area contributed by atoms with E-state index in [0.29, 0.717) is 12.1 Å². The summed E-state index contributed by atoms with van der Waals surface area (Å²) in [4.78, 5) is 13.9. The van der Waals surface area contributed by atoms with E-state index in [2.05, 4.69) is 0 Å². The largest absolute Gasteiger partial charge is 0.435 e. The molecule has 0 aromatic heterocycles. The van der Waals surface area contributed by atoms with E-state index >= 15 is 0 Å². The second-order valence-electron chi connectivity index (χ2n) is 10.7. The Hall–Kier alpha value is -2.84. The van der Waals surface area contributed by atoms with Crippen LogP contribution in [0.3, 0.4) is 0 Å². The van der Waals surface area contributed by atoms with Gasteiger partial charge in [-0.15, -0.1) is 0 Å². The highest BCUT2D eigenvalue weighted by atomic mass is 32.2. The van der Waals surface area contributed by atoms with Crippen molar-refractivity contribution in [3.8, 4) is 0 Å². The average Bonchev–Trinajstić information content (AvgIpc) is 3.26. The van der Waals surface area contributed by atoms with Crippen LogP contribution in [0.1, 0.15) is 42.4 Å². The molecule has 4 nitrogen and oxygen atoms in total. The van der Waals surface area contributed by atoms with Gasteiger partial charge in [-0.25, -0.2) is 26.0 Å². The number of carbonyl (C=O) groups is 1. The van der Waals surface area contributed by atoms with Crippen LogP contribution in [0.25, 0.3) is 0 Å². The highest BCUT2D eigenvalue weighted by Gasteiger charge is 2.74. The summed E-state index contributed by atoms with van der Waals surface area (Å²) >= 11 is 0. The maximum absolute atomic E-state index is 14.9. The Bertz CT molecular complexity index is 1460. The molecule has 41 heavy (non-hydrogen) atoms. The molecule has 2 aromatic carbocycles. The summed E-state index contributed by atoms with van der Waals surface area (Å²) in [5.41, 5.74) is -8.07. The van der Waals surface area contributed by atoms with Crippen LogP contribution < -0.4 is 0 Å². The molecule has 3 aliphatic rings. The number of amides is 1. The standard InChI is InChI=1S/C26H21F10NO3S/c27-17-3-5-18(6-4-17)41(39,40)23-9-10-37(21(38)15-12-22(28,29)13-15)20(23)8-1-14-11-16(2-7-19(14)23)24(30,25(31,32)33)26(34,35)36/h2-7,11,15,20H,1,8-10,12-13H2/t20-,23-/m0/s1. The van der Waals surface area contributed by atoms with Gasteiger partial charge in [0.2, 0.25) is 11.8 Å². The van der Waals surface area contributed by atoms with E-state index in [1.54, 1.807) is 0 Å². The molecule has 2 atom stereocenters. The molecule has 224 valence electrons. The first-order chi connectivity index (χ1) is 18.8. The molecule has 2 fully saturated rings. The number of aryl methyl sites for hydroxylation is 1. The van der Waals surface area contributed by atoms with Gasteiger partial charge in [0, 0.05) is 30.9 Å². The highest BCUT2D eigenvalue weighted by Crippen LogP contribution is 2.57. The Morgan fingerprint density at radius 2 is 1.49 bits per heavy atom. The number of halogens is 10. The SMILES string of the molecule is O=C(C1CC(F)(F)C1)N1CC[C@]2(S(=O)(=O)c3ccc(F)cc3)c3ccc(C(F)(C(F)(F)F)C(F)(F)F)cc3CC[C@H]12. The molecule has 0 radical (unpaired) electrons. The van der Waals surface area contributed by atoms with E-state index in [0.717, 1.165) is 29.2 Å². The van der Waals surface area contributed by atoms with Crippen LogP contribution >= 0.6 is 0 Å². The fourth-order valence-corrected chi connectivity index (χ4v) is 8.76. The maximum atomic E-state index is 14.9. The Balaban J connectivity index is 1.67. The number of nitrogens with zero attached hydrogens (tertiary/aromatic N) is 1. The van der Waals surface area contributed by atoms with Crippen LogP contribution in [0, 0.1) is 11.7 Å². The molecule has 15 heteroatoms. The normalized spacial score (nSPS) is 24.9. The van der Waals surface area contributed by atoms with Crippen molar-refractivity contribution in [3.63, 3.8) is 0 Å². The summed E-state index contributed by atoms with van der Waals surface area (Å²) < 4.78 is 162.